The van der Waals surface area contributed by atoms with E-state index in [4.69, 9.17) is 18.9 Å². The number of hydrogen-bond donors (Lipinski definition) is 1. The first-order chi connectivity index (χ1) is 16.2. The van der Waals surface area contributed by atoms with Gasteiger partial charge in [0.2, 0.25) is 6.79 Å². The zero-order chi connectivity index (χ0) is 23.0. The van der Waals surface area contributed by atoms with Crippen molar-refractivity contribution in [3.05, 3.63) is 89.0 Å². The molecule has 1 N–H and O–H groups in total. The molecular weight excluding hydrogens is 420 g/mol. The third-order valence-corrected chi connectivity index (χ3v) is 5.03. The van der Waals surface area contributed by atoms with E-state index in [0.29, 0.717) is 36.0 Å². The van der Waals surface area contributed by atoms with E-state index in [2.05, 4.69) is 5.32 Å². The van der Waals surface area contributed by atoms with E-state index < -0.39 is 5.91 Å². The number of ether oxygens (including phenoxy) is 4. The largest absolute Gasteiger partial charge is 0.497 e. The molecule has 0 bridgehead atoms. The van der Waals surface area contributed by atoms with Crippen LogP contribution in [0, 0.1) is 11.3 Å². The molecule has 0 fully saturated rings. The minimum absolute atomic E-state index is 0.0114. The summed E-state index contributed by atoms with van der Waals surface area (Å²) in [6.07, 6.45) is 1.53. The van der Waals surface area contributed by atoms with Crippen LogP contribution >= 0.6 is 0 Å². The van der Waals surface area contributed by atoms with E-state index >= 15 is 0 Å². The van der Waals surface area contributed by atoms with Crippen LogP contribution in [0.4, 0.5) is 0 Å². The van der Waals surface area contributed by atoms with E-state index in [0.717, 1.165) is 16.9 Å². The van der Waals surface area contributed by atoms with Crippen LogP contribution in [0.2, 0.25) is 0 Å². The molecule has 0 unspecified atom stereocenters. The Balaban J connectivity index is 1.43. The van der Waals surface area contributed by atoms with Crippen LogP contribution in [0.3, 0.4) is 0 Å². The van der Waals surface area contributed by atoms with Crippen molar-refractivity contribution in [1.29, 1.82) is 5.26 Å². The molecule has 1 aliphatic rings. The van der Waals surface area contributed by atoms with Gasteiger partial charge in [-0.15, -0.1) is 0 Å². The molecule has 4 rings (SSSR count). The number of hydrogen-bond acceptors (Lipinski definition) is 6. The summed E-state index contributed by atoms with van der Waals surface area (Å²) in [6, 6.07) is 22.2. The maximum Gasteiger partial charge on any atom is 0.262 e. The van der Waals surface area contributed by atoms with Crippen LogP contribution in [0.1, 0.15) is 16.7 Å². The van der Waals surface area contributed by atoms with Gasteiger partial charge in [-0.1, -0.05) is 36.4 Å². The molecule has 7 nitrogen and oxygen atoms in total. The predicted octanol–water partition coefficient (Wildman–Crippen LogP) is 4.23. The highest BCUT2D eigenvalue weighted by Gasteiger charge is 2.14. The number of rotatable bonds is 8. The molecule has 0 aliphatic carbocycles. The Morgan fingerprint density at radius 3 is 2.61 bits per heavy atom. The summed E-state index contributed by atoms with van der Waals surface area (Å²) in [5.41, 5.74) is 2.43. The maximum atomic E-state index is 12.6. The highest BCUT2D eigenvalue weighted by atomic mass is 16.7. The highest BCUT2D eigenvalue weighted by Crippen LogP contribution is 2.33. The smallest absolute Gasteiger partial charge is 0.262 e. The summed E-state index contributed by atoms with van der Waals surface area (Å²) in [6.45, 7) is 0.807. The Kier molecular flexibility index (Phi) is 6.76. The molecular formula is C26H22N2O5. The molecule has 33 heavy (non-hydrogen) atoms. The van der Waals surface area contributed by atoms with Crippen molar-refractivity contribution in [2.75, 3.05) is 13.9 Å². The lowest BCUT2D eigenvalue weighted by Crippen LogP contribution is -2.23. The summed E-state index contributed by atoms with van der Waals surface area (Å²) in [5, 5.41) is 12.3. The zero-order valence-corrected chi connectivity index (χ0v) is 18.0. The van der Waals surface area contributed by atoms with E-state index in [1.54, 1.807) is 19.2 Å². The van der Waals surface area contributed by atoms with Crippen molar-refractivity contribution in [2.24, 2.45) is 0 Å². The van der Waals surface area contributed by atoms with Crippen molar-refractivity contribution < 1.29 is 23.7 Å². The van der Waals surface area contributed by atoms with Gasteiger partial charge in [-0.2, -0.15) is 5.26 Å². The van der Waals surface area contributed by atoms with Crippen molar-refractivity contribution in [3.63, 3.8) is 0 Å². The summed E-state index contributed by atoms with van der Waals surface area (Å²) in [5.74, 6) is 2.23. The lowest BCUT2D eigenvalue weighted by molar-refractivity contribution is -0.117. The Labute approximate surface area is 191 Å². The minimum Gasteiger partial charge on any atom is -0.497 e. The first-order valence-corrected chi connectivity index (χ1v) is 10.3. The summed E-state index contributed by atoms with van der Waals surface area (Å²) < 4.78 is 21.8. The first kappa shape index (κ1) is 21.8. The van der Waals surface area contributed by atoms with Gasteiger partial charge in [-0.3, -0.25) is 4.79 Å². The van der Waals surface area contributed by atoms with Crippen LogP contribution in [0.5, 0.6) is 23.0 Å². The number of nitrogens with zero attached hydrogens (tertiary/aromatic N) is 1. The number of carbonyl (C=O) groups excluding carboxylic acids is 1. The molecule has 0 spiro atoms. The lowest BCUT2D eigenvalue weighted by atomic mass is 10.1. The summed E-state index contributed by atoms with van der Waals surface area (Å²) in [7, 11) is 1.59. The van der Waals surface area contributed by atoms with Gasteiger partial charge < -0.3 is 24.3 Å². The van der Waals surface area contributed by atoms with E-state index in [1.165, 1.54) is 6.08 Å². The van der Waals surface area contributed by atoms with Gasteiger partial charge >= 0.3 is 0 Å². The number of para-hydroxylation sites is 1. The summed E-state index contributed by atoms with van der Waals surface area (Å²) >= 11 is 0. The van der Waals surface area contributed by atoms with Crippen molar-refractivity contribution in [1.82, 2.24) is 5.32 Å². The van der Waals surface area contributed by atoms with Crippen LogP contribution in [-0.4, -0.2) is 19.8 Å². The fourth-order valence-electron chi connectivity index (χ4n) is 3.25. The molecule has 0 saturated heterocycles. The molecule has 0 atom stereocenters. The number of carbonyl (C=O) groups is 1. The van der Waals surface area contributed by atoms with Gasteiger partial charge in [0, 0.05) is 12.1 Å². The number of nitrogens with one attached hydrogen (secondary N) is 1. The van der Waals surface area contributed by atoms with Crippen molar-refractivity contribution >= 4 is 12.0 Å². The Morgan fingerprint density at radius 2 is 1.82 bits per heavy atom. The predicted molar refractivity (Wildman–Crippen MR) is 122 cm³/mol. The highest BCUT2D eigenvalue weighted by molar-refractivity contribution is 6.01. The van der Waals surface area contributed by atoms with E-state index in [1.807, 2.05) is 60.7 Å². The lowest BCUT2D eigenvalue weighted by Gasteiger charge is -2.10. The second-order valence-electron chi connectivity index (χ2n) is 7.21. The van der Waals surface area contributed by atoms with Crippen LogP contribution < -0.4 is 24.3 Å². The molecule has 1 aliphatic heterocycles. The van der Waals surface area contributed by atoms with Gasteiger partial charge in [0.25, 0.3) is 5.91 Å². The minimum atomic E-state index is -0.459. The Morgan fingerprint density at radius 1 is 1.06 bits per heavy atom. The fraction of sp³-hybridized carbons (Fsp3) is 0.154. The normalized spacial score (nSPS) is 12.1. The van der Waals surface area contributed by atoms with Gasteiger partial charge in [-0.25, -0.2) is 0 Å². The Bertz CT molecular complexity index is 1210. The molecule has 3 aromatic carbocycles. The average Bonchev–Trinajstić information content (AvgIpc) is 3.33. The number of fused-ring (bicyclic) bond motifs is 1. The number of nitriles is 1. The molecule has 3 aromatic rings. The zero-order valence-electron chi connectivity index (χ0n) is 18.0. The van der Waals surface area contributed by atoms with Gasteiger partial charge in [-0.05, 0) is 47.5 Å². The van der Waals surface area contributed by atoms with Crippen molar-refractivity contribution in [2.45, 2.75) is 13.2 Å². The summed E-state index contributed by atoms with van der Waals surface area (Å²) in [4.78, 5) is 12.6. The molecule has 166 valence electrons. The van der Waals surface area contributed by atoms with Crippen LogP contribution in [0.25, 0.3) is 6.08 Å². The molecule has 0 radical (unpaired) electrons. The third kappa shape index (κ3) is 5.43. The number of benzene rings is 3. The van der Waals surface area contributed by atoms with Gasteiger partial charge in [0.1, 0.15) is 29.7 Å². The number of methoxy groups -OCH3 is 1. The standard InChI is InChI=1S/C26H22N2O5/c1-30-22-9-6-18(7-10-22)15-28-26(29)21(14-27)13-20-4-2-3-5-23(20)31-16-19-8-11-24-25(12-19)33-17-32-24/h2-13H,15-17H2,1H3,(H,28,29)/b21-13-. The second-order valence-corrected chi connectivity index (χ2v) is 7.21. The third-order valence-electron chi connectivity index (χ3n) is 5.03. The Hall–Kier alpha value is -4.44. The van der Waals surface area contributed by atoms with Gasteiger partial charge in [0.15, 0.2) is 11.5 Å². The molecule has 0 saturated carbocycles. The maximum absolute atomic E-state index is 12.6. The van der Waals surface area contributed by atoms with Crippen molar-refractivity contribution in [3.8, 4) is 29.1 Å². The average molecular weight is 442 g/mol. The van der Waals surface area contributed by atoms with E-state index in [-0.39, 0.29) is 12.4 Å². The first-order valence-electron chi connectivity index (χ1n) is 10.3. The monoisotopic (exact) mass is 442 g/mol. The quantitative estimate of drug-likeness (QED) is 0.415. The topological polar surface area (TPSA) is 89.8 Å². The SMILES string of the molecule is COc1ccc(CNC(=O)/C(C#N)=C\c2ccccc2OCc2ccc3c(c2)OCO3)cc1. The van der Waals surface area contributed by atoms with E-state index in [9.17, 15) is 10.1 Å². The van der Waals surface area contributed by atoms with Crippen LogP contribution in [-0.2, 0) is 17.9 Å². The number of amides is 1. The fourth-order valence-corrected chi connectivity index (χ4v) is 3.25. The molecule has 0 aromatic heterocycles. The molecule has 1 heterocycles. The van der Waals surface area contributed by atoms with Crippen LogP contribution in [0.15, 0.2) is 72.3 Å². The molecule has 7 heteroatoms. The van der Waals surface area contributed by atoms with Gasteiger partial charge in [0.05, 0.1) is 7.11 Å². The molecule has 1 amide bonds. The second kappa shape index (κ2) is 10.2.